The van der Waals surface area contributed by atoms with Crippen LogP contribution in [-0.2, 0) is 0 Å². The predicted molar refractivity (Wildman–Crippen MR) is 74.4 cm³/mol. The van der Waals surface area contributed by atoms with E-state index in [-0.39, 0.29) is 5.82 Å². The minimum atomic E-state index is -0.156. The summed E-state index contributed by atoms with van der Waals surface area (Å²) >= 11 is 0. The summed E-state index contributed by atoms with van der Waals surface area (Å²) in [5.74, 6) is 0.445. The smallest absolute Gasteiger partial charge is 0.146 e. The molecule has 0 spiro atoms. The van der Waals surface area contributed by atoms with Gasteiger partial charge >= 0.3 is 0 Å². The maximum absolute atomic E-state index is 13.7. The van der Waals surface area contributed by atoms with Crippen molar-refractivity contribution in [3.63, 3.8) is 0 Å². The van der Waals surface area contributed by atoms with Gasteiger partial charge in [0.25, 0.3) is 0 Å². The lowest BCUT2D eigenvalue weighted by molar-refractivity contribution is 0.197. The van der Waals surface area contributed by atoms with E-state index in [4.69, 9.17) is 0 Å². The Morgan fingerprint density at radius 2 is 2.22 bits per heavy atom. The lowest BCUT2D eigenvalue weighted by atomic mass is 9.91. The summed E-state index contributed by atoms with van der Waals surface area (Å²) < 4.78 is 13.7. The van der Waals surface area contributed by atoms with E-state index in [1.54, 1.807) is 6.07 Å². The van der Waals surface area contributed by atoms with Gasteiger partial charge in [-0.3, -0.25) is 0 Å². The number of benzene rings is 1. The molecule has 1 aliphatic heterocycles. The largest absolute Gasteiger partial charge is 0.380 e. The van der Waals surface area contributed by atoms with Gasteiger partial charge in [0.1, 0.15) is 5.82 Å². The Morgan fingerprint density at radius 3 is 2.94 bits per heavy atom. The lowest BCUT2D eigenvalue weighted by Gasteiger charge is -2.34. The zero-order valence-corrected chi connectivity index (χ0v) is 11.5. The monoisotopic (exact) mass is 250 g/mol. The average molecular weight is 250 g/mol. The summed E-state index contributed by atoms with van der Waals surface area (Å²) in [5, 5.41) is 3.34. The number of piperidine rings is 1. The molecule has 2 nitrogen and oxygen atoms in total. The molecule has 0 bridgehead atoms. The highest BCUT2D eigenvalue weighted by atomic mass is 19.1. The van der Waals surface area contributed by atoms with Crippen LogP contribution in [0.5, 0.6) is 0 Å². The molecule has 3 heteroatoms. The second-order valence-electron chi connectivity index (χ2n) is 5.58. The molecule has 1 aromatic rings. The molecule has 0 aromatic heterocycles. The van der Waals surface area contributed by atoms with E-state index < -0.39 is 0 Å². The van der Waals surface area contributed by atoms with E-state index in [0.29, 0.717) is 17.6 Å². The summed E-state index contributed by atoms with van der Waals surface area (Å²) in [4.78, 5) is 2.36. The molecule has 1 N–H and O–H groups in total. The molecule has 2 unspecified atom stereocenters. The fourth-order valence-electron chi connectivity index (χ4n) is 2.73. The van der Waals surface area contributed by atoms with Gasteiger partial charge in [0.05, 0.1) is 5.69 Å². The van der Waals surface area contributed by atoms with Crippen molar-refractivity contribution < 1.29 is 4.39 Å². The van der Waals surface area contributed by atoms with Gasteiger partial charge in [-0.05, 0) is 63.9 Å². The van der Waals surface area contributed by atoms with Crippen molar-refractivity contribution in [1.82, 2.24) is 4.90 Å². The molecule has 1 fully saturated rings. The van der Waals surface area contributed by atoms with E-state index in [0.717, 1.165) is 12.1 Å². The summed E-state index contributed by atoms with van der Waals surface area (Å²) in [6.45, 7) is 6.43. The van der Waals surface area contributed by atoms with Crippen LogP contribution in [0, 0.1) is 18.7 Å². The van der Waals surface area contributed by atoms with E-state index in [1.807, 2.05) is 13.0 Å². The van der Waals surface area contributed by atoms with Crippen LogP contribution in [0.15, 0.2) is 18.2 Å². The molecular formula is C15H23FN2. The molecule has 2 atom stereocenters. The average Bonchev–Trinajstić information content (AvgIpc) is 2.34. The highest BCUT2D eigenvalue weighted by molar-refractivity contribution is 5.47. The van der Waals surface area contributed by atoms with Gasteiger partial charge in [0, 0.05) is 12.6 Å². The van der Waals surface area contributed by atoms with Crippen LogP contribution in [0.3, 0.4) is 0 Å². The van der Waals surface area contributed by atoms with E-state index in [9.17, 15) is 4.39 Å². The van der Waals surface area contributed by atoms with Gasteiger partial charge in [-0.2, -0.15) is 0 Å². The van der Waals surface area contributed by atoms with Gasteiger partial charge in [0.15, 0.2) is 0 Å². The number of likely N-dealkylation sites (tertiary alicyclic amines) is 1. The summed E-state index contributed by atoms with van der Waals surface area (Å²) in [6.07, 6.45) is 2.47. The second kappa shape index (κ2) is 5.70. The van der Waals surface area contributed by atoms with Crippen LogP contribution in [0.1, 0.15) is 25.3 Å². The molecule has 18 heavy (non-hydrogen) atoms. The van der Waals surface area contributed by atoms with Crippen molar-refractivity contribution in [3.8, 4) is 0 Å². The highest BCUT2D eigenvalue weighted by Gasteiger charge is 2.23. The Bertz CT molecular complexity index is 405. The Labute approximate surface area is 109 Å². The standard InChI is InChI=1S/C15H23FN2/c1-11-6-7-14(16)15(9-11)17-12(2)13-5-4-8-18(3)10-13/h6-7,9,12-13,17H,4-5,8,10H2,1-3H3. The molecule has 1 aliphatic rings. The summed E-state index contributed by atoms with van der Waals surface area (Å²) in [7, 11) is 2.16. The van der Waals surface area contributed by atoms with Gasteiger partial charge in [-0.15, -0.1) is 0 Å². The molecule has 0 saturated carbocycles. The number of anilines is 1. The maximum Gasteiger partial charge on any atom is 0.146 e. The number of hydrogen-bond donors (Lipinski definition) is 1. The van der Waals surface area contributed by atoms with Crippen LogP contribution in [0.4, 0.5) is 10.1 Å². The number of nitrogens with zero attached hydrogens (tertiary/aromatic N) is 1. The molecule has 0 radical (unpaired) electrons. The Kier molecular flexibility index (Phi) is 4.23. The van der Waals surface area contributed by atoms with E-state index in [1.165, 1.54) is 25.5 Å². The molecule has 1 heterocycles. The fraction of sp³-hybridized carbons (Fsp3) is 0.600. The minimum absolute atomic E-state index is 0.156. The van der Waals surface area contributed by atoms with Crippen molar-refractivity contribution in [1.29, 1.82) is 0 Å². The maximum atomic E-state index is 13.7. The first-order valence-corrected chi connectivity index (χ1v) is 6.77. The van der Waals surface area contributed by atoms with Crippen LogP contribution < -0.4 is 5.32 Å². The third-order valence-electron chi connectivity index (χ3n) is 3.87. The normalized spacial score (nSPS) is 22.8. The quantitative estimate of drug-likeness (QED) is 0.885. The molecular weight excluding hydrogens is 227 g/mol. The van der Waals surface area contributed by atoms with Crippen molar-refractivity contribution in [2.24, 2.45) is 5.92 Å². The molecule has 100 valence electrons. The minimum Gasteiger partial charge on any atom is -0.380 e. The summed E-state index contributed by atoms with van der Waals surface area (Å²) in [6, 6.07) is 5.54. The van der Waals surface area contributed by atoms with Crippen LogP contribution in [0.2, 0.25) is 0 Å². The van der Waals surface area contributed by atoms with Crippen molar-refractivity contribution in [3.05, 3.63) is 29.6 Å². The molecule has 0 amide bonds. The number of nitrogens with one attached hydrogen (secondary N) is 1. The van der Waals surface area contributed by atoms with Crippen LogP contribution in [0.25, 0.3) is 0 Å². The predicted octanol–water partition coefficient (Wildman–Crippen LogP) is 3.28. The van der Waals surface area contributed by atoms with Gasteiger partial charge in [-0.1, -0.05) is 6.07 Å². The third-order valence-corrected chi connectivity index (χ3v) is 3.87. The van der Waals surface area contributed by atoms with Gasteiger partial charge in [-0.25, -0.2) is 4.39 Å². The number of rotatable bonds is 3. The molecule has 2 rings (SSSR count). The van der Waals surface area contributed by atoms with Crippen LogP contribution in [-0.4, -0.2) is 31.1 Å². The highest BCUT2D eigenvalue weighted by Crippen LogP contribution is 2.23. The second-order valence-corrected chi connectivity index (χ2v) is 5.58. The SMILES string of the molecule is Cc1ccc(F)c(NC(C)C2CCCN(C)C2)c1. The van der Waals surface area contributed by atoms with E-state index in [2.05, 4.69) is 24.2 Å². The third kappa shape index (κ3) is 3.22. The molecule has 0 aliphatic carbocycles. The lowest BCUT2D eigenvalue weighted by Crippen LogP contribution is -2.40. The molecule has 1 aromatic carbocycles. The van der Waals surface area contributed by atoms with Crippen molar-refractivity contribution >= 4 is 5.69 Å². The van der Waals surface area contributed by atoms with Crippen molar-refractivity contribution in [2.75, 3.05) is 25.5 Å². The number of halogens is 1. The number of hydrogen-bond acceptors (Lipinski definition) is 2. The Hall–Kier alpha value is -1.09. The first-order valence-electron chi connectivity index (χ1n) is 6.77. The Morgan fingerprint density at radius 1 is 1.44 bits per heavy atom. The Balaban J connectivity index is 2.01. The summed E-state index contributed by atoms with van der Waals surface area (Å²) in [5.41, 5.74) is 1.72. The first kappa shape index (κ1) is 13.3. The van der Waals surface area contributed by atoms with E-state index >= 15 is 0 Å². The fourth-order valence-corrected chi connectivity index (χ4v) is 2.73. The van der Waals surface area contributed by atoms with Crippen molar-refractivity contribution in [2.45, 2.75) is 32.7 Å². The van der Waals surface area contributed by atoms with Crippen LogP contribution >= 0.6 is 0 Å². The topological polar surface area (TPSA) is 15.3 Å². The number of aryl methyl sites for hydroxylation is 1. The zero-order chi connectivity index (χ0) is 13.1. The zero-order valence-electron chi connectivity index (χ0n) is 11.5. The van der Waals surface area contributed by atoms with Gasteiger partial charge < -0.3 is 10.2 Å². The molecule has 1 saturated heterocycles. The van der Waals surface area contributed by atoms with Gasteiger partial charge in [0.2, 0.25) is 0 Å². The first-order chi connectivity index (χ1) is 8.56.